The van der Waals surface area contributed by atoms with Crippen molar-refractivity contribution in [1.29, 1.82) is 0 Å². The molecule has 2 atom stereocenters. The maximum atomic E-state index is 12.8. The van der Waals surface area contributed by atoms with E-state index in [1.807, 2.05) is 0 Å². The van der Waals surface area contributed by atoms with Crippen molar-refractivity contribution in [3.63, 3.8) is 0 Å². The number of carboxylic acids is 1. The highest BCUT2D eigenvalue weighted by atomic mass is 19.3. The van der Waals surface area contributed by atoms with E-state index < -0.39 is 42.5 Å². The lowest BCUT2D eigenvalue weighted by Gasteiger charge is -2.11. The van der Waals surface area contributed by atoms with Gasteiger partial charge in [-0.1, -0.05) is 0 Å². The first-order valence-corrected chi connectivity index (χ1v) is 4.06. The van der Waals surface area contributed by atoms with Gasteiger partial charge in [-0.3, -0.25) is 9.59 Å². The van der Waals surface area contributed by atoms with Crippen LogP contribution in [-0.4, -0.2) is 30.1 Å². The van der Waals surface area contributed by atoms with Gasteiger partial charge in [0.05, 0.1) is 18.9 Å². The van der Waals surface area contributed by atoms with Crippen LogP contribution in [0.25, 0.3) is 0 Å². The zero-order valence-electron chi connectivity index (χ0n) is 7.50. The maximum Gasteiger partial charge on any atom is 0.309 e. The summed E-state index contributed by atoms with van der Waals surface area (Å²) in [7, 11) is 1.05. The molecule has 1 saturated carbocycles. The molecule has 1 N–H and O–H groups in total. The first-order valence-electron chi connectivity index (χ1n) is 4.06. The van der Waals surface area contributed by atoms with Crippen molar-refractivity contribution >= 4 is 11.9 Å². The standard InChI is InChI=1S/C8H10F2O4/c1-14-7(13)5-3-8(9,10)2-4(5)6(11)12/h4-5H,2-3H2,1H3,(H,11,12)/t4-,5-/m0/s1. The van der Waals surface area contributed by atoms with Gasteiger partial charge in [0.15, 0.2) is 0 Å². The Balaban J connectivity index is 2.83. The van der Waals surface area contributed by atoms with Crippen molar-refractivity contribution in [2.24, 2.45) is 11.8 Å². The van der Waals surface area contributed by atoms with Crippen molar-refractivity contribution in [1.82, 2.24) is 0 Å². The van der Waals surface area contributed by atoms with E-state index in [-0.39, 0.29) is 0 Å². The van der Waals surface area contributed by atoms with E-state index in [4.69, 9.17) is 5.11 Å². The molecule has 0 aromatic heterocycles. The average Bonchev–Trinajstić information content (AvgIpc) is 2.40. The van der Waals surface area contributed by atoms with E-state index >= 15 is 0 Å². The molecule has 0 bridgehead atoms. The molecule has 0 aromatic rings. The monoisotopic (exact) mass is 208 g/mol. The van der Waals surface area contributed by atoms with Crippen molar-refractivity contribution in [3.8, 4) is 0 Å². The van der Waals surface area contributed by atoms with Crippen LogP contribution in [0.5, 0.6) is 0 Å². The molecule has 0 saturated heterocycles. The fourth-order valence-corrected chi connectivity index (χ4v) is 1.67. The summed E-state index contributed by atoms with van der Waals surface area (Å²) in [5, 5.41) is 8.62. The van der Waals surface area contributed by atoms with E-state index in [0.29, 0.717) is 0 Å². The summed E-state index contributed by atoms with van der Waals surface area (Å²) in [6, 6.07) is 0. The van der Waals surface area contributed by atoms with Crippen LogP contribution in [0.2, 0.25) is 0 Å². The molecule has 1 rings (SSSR count). The fourth-order valence-electron chi connectivity index (χ4n) is 1.67. The number of aliphatic carboxylic acids is 1. The normalized spacial score (nSPS) is 29.9. The van der Waals surface area contributed by atoms with Gasteiger partial charge >= 0.3 is 11.9 Å². The van der Waals surface area contributed by atoms with Crippen LogP contribution in [0.15, 0.2) is 0 Å². The smallest absolute Gasteiger partial charge is 0.309 e. The predicted molar refractivity (Wildman–Crippen MR) is 40.8 cm³/mol. The second kappa shape index (κ2) is 3.51. The number of hydrogen-bond acceptors (Lipinski definition) is 3. The van der Waals surface area contributed by atoms with Crippen LogP contribution in [0, 0.1) is 11.8 Å². The first-order chi connectivity index (χ1) is 6.37. The number of hydrogen-bond donors (Lipinski definition) is 1. The Bertz CT molecular complexity index is 264. The number of rotatable bonds is 2. The highest BCUT2D eigenvalue weighted by Gasteiger charge is 2.52. The minimum atomic E-state index is -3.08. The number of halogens is 2. The average molecular weight is 208 g/mol. The quantitative estimate of drug-likeness (QED) is 0.685. The third-order valence-corrected chi connectivity index (χ3v) is 2.34. The topological polar surface area (TPSA) is 63.6 Å². The number of esters is 1. The highest BCUT2D eigenvalue weighted by Crippen LogP contribution is 2.43. The fraction of sp³-hybridized carbons (Fsp3) is 0.750. The molecule has 0 amide bonds. The minimum absolute atomic E-state index is 0.739. The molecule has 0 heterocycles. The lowest BCUT2D eigenvalue weighted by molar-refractivity contribution is -0.154. The van der Waals surface area contributed by atoms with Gasteiger partial charge in [-0.25, -0.2) is 8.78 Å². The molecular weight excluding hydrogens is 198 g/mol. The third kappa shape index (κ3) is 2.00. The van der Waals surface area contributed by atoms with Gasteiger partial charge in [-0.05, 0) is 0 Å². The van der Waals surface area contributed by atoms with Gasteiger partial charge in [0.2, 0.25) is 5.92 Å². The summed E-state index contributed by atoms with van der Waals surface area (Å²) in [5.74, 6) is -7.90. The van der Waals surface area contributed by atoms with Crippen molar-refractivity contribution in [2.45, 2.75) is 18.8 Å². The van der Waals surface area contributed by atoms with E-state index in [2.05, 4.69) is 4.74 Å². The van der Waals surface area contributed by atoms with Gasteiger partial charge < -0.3 is 9.84 Å². The zero-order chi connectivity index (χ0) is 10.9. The molecule has 14 heavy (non-hydrogen) atoms. The van der Waals surface area contributed by atoms with Crippen molar-refractivity contribution in [3.05, 3.63) is 0 Å². The molecule has 1 fully saturated rings. The van der Waals surface area contributed by atoms with Crippen LogP contribution >= 0.6 is 0 Å². The molecule has 0 aliphatic heterocycles. The summed E-state index contributed by atoms with van der Waals surface area (Å²) in [5.41, 5.74) is 0. The summed E-state index contributed by atoms with van der Waals surface area (Å²) in [4.78, 5) is 21.6. The van der Waals surface area contributed by atoms with Gasteiger partial charge in [0.1, 0.15) is 0 Å². The molecular formula is C8H10F2O4. The molecule has 0 radical (unpaired) electrons. The summed E-state index contributed by atoms with van der Waals surface area (Å²) >= 11 is 0. The molecule has 6 heteroatoms. The Kier molecular flexibility index (Phi) is 2.73. The van der Waals surface area contributed by atoms with Crippen LogP contribution in [0.1, 0.15) is 12.8 Å². The van der Waals surface area contributed by atoms with E-state index in [1.165, 1.54) is 0 Å². The van der Waals surface area contributed by atoms with Crippen LogP contribution in [0.4, 0.5) is 8.78 Å². The number of ether oxygens (including phenoxy) is 1. The molecule has 0 unspecified atom stereocenters. The van der Waals surface area contributed by atoms with Crippen LogP contribution in [0.3, 0.4) is 0 Å². The van der Waals surface area contributed by atoms with Crippen LogP contribution < -0.4 is 0 Å². The SMILES string of the molecule is COC(=O)[C@H]1CC(F)(F)C[C@@H]1C(=O)O. The summed E-state index contributed by atoms with van der Waals surface area (Å²) < 4.78 is 29.9. The summed E-state index contributed by atoms with van der Waals surface area (Å²) in [6.45, 7) is 0. The lowest BCUT2D eigenvalue weighted by Crippen LogP contribution is -2.26. The Morgan fingerprint density at radius 1 is 1.36 bits per heavy atom. The maximum absolute atomic E-state index is 12.8. The van der Waals surface area contributed by atoms with E-state index in [0.717, 1.165) is 7.11 Å². The Hall–Kier alpha value is -1.20. The molecule has 80 valence electrons. The van der Waals surface area contributed by atoms with Crippen molar-refractivity contribution < 1.29 is 28.2 Å². The summed E-state index contributed by atoms with van der Waals surface area (Å²) in [6.07, 6.45) is -1.53. The second-order valence-corrected chi connectivity index (χ2v) is 3.34. The molecule has 4 nitrogen and oxygen atoms in total. The Labute approximate surface area is 78.8 Å². The van der Waals surface area contributed by atoms with Gasteiger partial charge in [0, 0.05) is 12.8 Å². The Morgan fingerprint density at radius 3 is 2.29 bits per heavy atom. The van der Waals surface area contributed by atoms with Gasteiger partial charge in [-0.2, -0.15) is 0 Å². The van der Waals surface area contributed by atoms with Crippen molar-refractivity contribution in [2.75, 3.05) is 7.11 Å². The predicted octanol–water partition coefficient (Wildman–Crippen LogP) is 0.905. The van der Waals surface area contributed by atoms with E-state index in [1.54, 1.807) is 0 Å². The number of carbonyl (C=O) groups is 2. The number of methoxy groups -OCH3 is 1. The van der Waals surface area contributed by atoms with Gasteiger partial charge in [0.25, 0.3) is 0 Å². The van der Waals surface area contributed by atoms with Gasteiger partial charge in [-0.15, -0.1) is 0 Å². The molecule has 0 spiro atoms. The number of alkyl halides is 2. The minimum Gasteiger partial charge on any atom is -0.481 e. The first kappa shape index (κ1) is 10.9. The second-order valence-electron chi connectivity index (χ2n) is 3.34. The molecule has 1 aliphatic carbocycles. The third-order valence-electron chi connectivity index (χ3n) is 2.34. The lowest BCUT2D eigenvalue weighted by atomic mass is 9.97. The number of carboxylic acid groups (broad SMARTS) is 1. The zero-order valence-corrected chi connectivity index (χ0v) is 7.50. The largest absolute Gasteiger partial charge is 0.481 e. The highest BCUT2D eigenvalue weighted by molar-refractivity contribution is 5.82. The van der Waals surface area contributed by atoms with Crippen LogP contribution in [-0.2, 0) is 14.3 Å². The molecule has 0 aromatic carbocycles. The number of carbonyl (C=O) groups excluding carboxylic acids is 1. The Morgan fingerprint density at radius 2 is 1.86 bits per heavy atom. The van der Waals surface area contributed by atoms with E-state index in [9.17, 15) is 18.4 Å². The molecule has 1 aliphatic rings.